The largest absolute Gasteiger partial charge is 0.497 e. The number of methoxy groups -OCH3 is 1. The van der Waals surface area contributed by atoms with Gasteiger partial charge in [-0.2, -0.15) is 0 Å². The standard InChI is InChI=1S/C27H29N3O5/c1-20(31)28-13-15-29(16-14-28)26(32)18-21-5-9-23(10-6-21)30(27(33)25-4-3-17-35-25)19-22-7-11-24(34-2)12-8-22/h3-12,17H,13-16,18-19H2,1-2H3. The van der Waals surface area contributed by atoms with Crippen LogP contribution in [0.1, 0.15) is 28.6 Å². The fraction of sp³-hybridized carbons (Fsp3) is 0.296. The average Bonchev–Trinajstić information content (AvgIpc) is 3.43. The smallest absolute Gasteiger partial charge is 0.294 e. The third-order valence-electron chi connectivity index (χ3n) is 6.16. The molecule has 0 radical (unpaired) electrons. The summed E-state index contributed by atoms with van der Waals surface area (Å²) in [5.41, 5.74) is 2.51. The van der Waals surface area contributed by atoms with E-state index in [1.54, 1.807) is 40.9 Å². The van der Waals surface area contributed by atoms with Crippen LogP contribution in [0.3, 0.4) is 0 Å². The monoisotopic (exact) mass is 475 g/mol. The maximum atomic E-state index is 13.2. The molecule has 0 spiro atoms. The Kier molecular flexibility index (Phi) is 7.50. The lowest BCUT2D eigenvalue weighted by molar-refractivity contribution is -0.138. The molecule has 1 aliphatic rings. The van der Waals surface area contributed by atoms with E-state index in [1.165, 1.54) is 6.26 Å². The Bertz CT molecular complexity index is 1150. The molecule has 1 saturated heterocycles. The number of anilines is 1. The first-order valence-electron chi connectivity index (χ1n) is 11.5. The van der Waals surface area contributed by atoms with Crippen LogP contribution in [0.15, 0.2) is 71.3 Å². The van der Waals surface area contributed by atoms with Gasteiger partial charge in [0.2, 0.25) is 11.8 Å². The van der Waals surface area contributed by atoms with Gasteiger partial charge in [0.1, 0.15) is 5.75 Å². The second-order valence-corrected chi connectivity index (χ2v) is 8.45. The Morgan fingerprint density at radius 3 is 2.09 bits per heavy atom. The Labute approximate surface area is 204 Å². The number of hydrogen-bond donors (Lipinski definition) is 0. The number of furan rings is 1. The average molecular weight is 476 g/mol. The van der Waals surface area contributed by atoms with Crippen LogP contribution in [0.25, 0.3) is 0 Å². The van der Waals surface area contributed by atoms with Crippen molar-refractivity contribution in [3.63, 3.8) is 0 Å². The number of ether oxygens (including phenoxy) is 1. The summed E-state index contributed by atoms with van der Waals surface area (Å²) in [7, 11) is 1.61. The van der Waals surface area contributed by atoms with Gasteiger partial charge in [-0.1, -0.05) is 24.3 Å². The van der Waals surface area contributed by atoms with E-state index in [1.807, 2.05) is 48.5 Å². The molecular weight excluding hydrogens is 446 g/mol. The zero-order valence-corrected chi connectivity index (χ0v) is 20.0. The molecule has 3 aromatic rings. The molecule has 182 valence electrons. The van der Waals surface area contributed by atoms with Crippen molar-refractivity contribution in [3.8, 4) is 5.75 Å². The number of amides is 3. The second kappa shape index (κ2) is 10.9. The fourth-order valence-corrected chi connectivity index (χ4v) is 4.08. The van der Waals surface area contributed by atoms with Crippen molar-refractivity contribution in [2.45, 2.75) is 19.9 Å². The molecule has 4 rings (SSSR count). The van der Waals surface area contributed by atoms with Gasteiger partial charge in [-0.05, 0) is 47.5 Å². The van der Waals surface area contributed by atoms with Gasteiger partial charge >= 0.3 is 0 Å². The first-order valence-corrected chi connectivity index (χ1v) is 11.5. The zero-order valence-electron chi connectivity index (χ0n) is 20.0. The summed E-state index contributed by atoms with van der Waals surface area (Å²) in [5, 5.41) is 0. The SMILES string of the molecule is COc1ccc(CN(C(=O)c2ccco2)c2ccc(CC(=O)N3CCN(C(C)=O)CC3)cc2)cc1. The molecule has 0 N–H and O–H groups in total. The lowest BCUT2D eigenvalue weighted by Crippen LogP contribution is -2.50. The molecule has 2 aromatic carbocycles. The first-order chi connectivity index (χ1) is 16.9. The highest BCUT2D eigenvalue weighted by molar-refractivity contribution is 6.04. The third-order valence-corrected chi connectivity index (χ3v) is 6.16. The zero-order chi connectivity index (χ0) is 24.8. The first kappa shape index (κ1) is 24.1. The molecule has 1 aliphatic heterocycles. The van der Waals surface area contributed by atoms with Gasteiger partial charge in [0, 0.05) is 38.8 Å². The van der Waals surface area contributed by atoms with Crippen molar-refractivity contribution in [1.29, 1.82) is 0 Å². The minimum absolute atomic E-state index is 0.0303. The molecule has 0 bridgehead atoms. The van der Waals surface area contributed by atoms with Crippen molar-refractivity contribution < 1.29 is 23.5 Å². The second-order valence-electron chi connectivity index (χ2n) is 8.45. The summed E-state index contributed by atoms with van der Waals surface area (Å²) in [6, 6.07) is 18.3. The van der Waals surface area contributed by atoms with Crippen LogP contribution in [0.2, 0.25) is 0 Å². The number of hydrogen-bond acceptors (Lipinski definition) is 5. The number of nitrogens with zero attached hydrogens (tertiary/aromatic N) is 3. The molecule has 0 aliphatic carbocycles. The van der Waals surface area contributed by atoms with Crippen molar-refractivity contribution in [3.05, 3.63) is 83.8 Å². The molecular formula is C27H29N3O5. The Morgan fingerprint density at radius 1 is 0.886 bits per heavy atom. The van der Waals surface area contributed by atoms with E-state index in [0.717, 1.165) is 16.9 Å². The highest BCUT2D eigenvalue weighted by atomic mass is 16.5. The molecule has 2 heterocycles. The van der Waals surface area contributed by atoms with E-state index >= 15 is 0 Å². The molecule has 8 nitrogen and oxygen atoms in total. The van der Waals surface area contributed by atoms with Gasteiger partial charge in [0.15, 0.2) is 5.76 Å². The maximum absolute atomic E-state index is 13.2. The minimum atomic E-state index is -0.252. The van der Waals surface area contributed by atoms with E-state index in [2.05, 4.69) is 0 Å². The summed E-state index contributed by atoms with van der Waals surface area (Å²) in [5.74, 6) is 0.813. The van der Waals surface area contributed by atoms with Crippen molar-refractivity contribution >= 4 is 23.4 Å². The number of rotatable bonds is 7. The molecule has 3 amide bonds. The quantitative estimate of drug-likeness (QED) is 0.523. The molecule has 1 fully saturated rings. The summed E-state index contributed by atoms with van der Waals surface area (Å²) in [6.45, 7) is 4.12. The maximum Gasteiger partial charge on any atom is 0.294 e. The van der Waals surface area contributed by atoms with E-state index in [0.29, 0.717) is 38.4 Å². The van der Waals surface area contributed by atoms with Gasteiger partial charge in [0.25, 0.3) is 5.91 Å². The molecule has 1 aromatic heterocycles. The van der Waals surface area contributed by atoms with E-state index < -0.39 is 0 Å². The topological polar surface area (TPSA) is 83.3 Å². The van der Waals surface area contributed by atoms with Crippen LogP contribution < -0.4 is 9.64 Å². The Hall–Kier alpha value is -4.07. The summed E-state index contributed by atoms with van der Waals surface area (Å²) < 4.78 is 10.6. The minimum Gasteiger partial charge on any atom is -0.497 e. The number of carbonyl (C=O) groups is 3. The van der Waals surface area contributed by atoms with Crippen LogP contribution in [-0.4, -0.2) is 60.8 Å². The third kappa shape index (κ3) is 5.90. The predicted molar refractivity (Wildman–Crippen MR) is 131 cm³/mol. The highest BCUT2D eigenvalue weighted by Crippen LogP contribution is 2.23. The van der Waals surface area contributed by atoms with E-state index in [9.17, 15) is 14.4 Å². The van der Waals surface area contributed by atoms with Crippen LogP contribution >= 0.6 is 0 Å². The van der Waals surface area contributed by atoms with Crippen molar-refractivity contribution in [1.82, 2.24) is 9.80 Å². The molecule has 0 atom stereocenters. The number of carbonyl (C=O) groups excluding carboxylic acids is 3. The van der Waals surface area contributed by atoms with Gasteiger partial charge in [-0.3, -0.25) is 14.4 Å². The van der Waals surface area contributed by atoms with Crippen molar-refractivity contribution in [2.24, 2.45) is 0 Å². The van der Waals surface area contributed by atoms with Crippen LogP contribution in [0, 0.1) is 0 Å². The molecule has 0 unspecified atom stereocenters. The van der Waals surface area contributed by atoms with Gasteiger partial charge in [-0.15, -0.1) is 0 Å². The summed E-state index contributed by atoms with van der Waals surface area (Å²) >= 11 is 0. The Balaban J connectivity index is 1.46. The molecule has 0 saturated carbocycles. The lowest BCUT2D eigenvalue weighted by atomic mass is 10.1. The van der Waals surface area contributed by atoms with Crippen molar-refractivity contribution in [2.75, 3.05) is 38.2 Å². The molecule has 35 heavy (non-hydrogen) atoms. The highest BCUT2D eigenvalue weighted by Gasteiger charge is 2.23. The van der Waals surface area contributed by atoms with Gasteiger partial charge < -0.3 is 23.9 Å². The fourth-order valence-electron chi connectivity index (χ4n) is 4.08. The number of benzene rings is 2. The normalized spacial score (nSPS) is 13.4. The van der Waals surface area contributed by atoms with E-state index in [-0.39, 0.29) is 29.9 Å². The Morgan fingerprint density at radius 2 is 1.51 bits per heavy atom. The predicted octanol–water partition coefficient (Wildman–Crippen LogP) is 3.37. The summed E-state index contributed by atoms with van der Waals surface area (Å²) in [4.78, 5) is 42.7. The van der Waals surface area contributed by atoms with Gasteiger partial charge in [0.05, 0.1) is 26.3 Å². The lowest BCUT2D eigenvalue weighted by Gasteiger charge is -2.34. The number of piperazine rings is 1. The van der Waals surface area contributed by atoms with Gasteiger partial charge in [-0.25, -0.2) is 0 Å². The van der Waals surface area contributed by atoms with Crippen LogP contribution in [-0.2, 0) is 22.6 Å². The van der Waals surface area contributed by atoms with Crippen LogP contribution in [0.4, 0.5) is 5.69 Å². The summed E-state index contributed by atoms with van der Waals surface area (Å²) in [6.07, 6.45) is 1.74. The van der Waals surface area contributed by atoms with E-state index in [4.69, 9.17) is 9.15 Å². The van der Waals surface area contributed by atoms with Crippen LogP contribution in [0.5, 0.6) is 5.75 Å². The molecule has 8 heteroatoms.